The van der Waals surface area contributed by atoms with Crippen LogP contribution in [0.25, 0.3) is 0 Å². The Bertz CT molecular complexity index is 822. The van der Waals surface area contributed by atoms with Crippen molar-refractivity contribution in [1.29, 1.82) is 0 Å². The van der Waals surface area contributed by atoms with Crippen LogP contribution in [-0.2, 0) is 16.2 Å². The molecule has 2 amide bonds. The van der Waals surface area contributed by atoms with E-state index in [9.17, 15) is 9.59 Å². The lowest BCUT2D eigenvalue weighted by atomic mass is 10.2. The number of hydrogen-bond acceptors (Lipinski definition) is 5. The van der Waals surface area contributed by atoms with Gasteiger partial charge in [0.2, 0.25) is 0 Å². The summed E-state index contributed by atoms with van der Waals surface area (Å²) in [7, 11) is 1.54. The van der Waals surface area contributed by atoms with Gasteiger partial charge in [0.1, 0.15) is 6.61 Å². The van der Waals surface area contributed by atoms with E-state index in [0.717, 1.165) is 10.0 Å². The third kappa shape index (κ3) is 6.10. The summed E-state index contributed by atoms with van der Waals surface area (Å²) in [4.78, 5) is 23.0. The topological polar surface area (TPSA) is 89.0 Å². The minimum Gasteiger partial charge on any atom is -0.493 e. The molecule has 0 aliphatic heterocycles. The highest BCUT2D eigenvalue weighted by Gasteiger charge is 2.12. The Hall–Kier alpha value is -2.87. The second kappa shape index (κ2) is 10.3. The molecule has 7 nitrogen and oxygen atoms in total. The Labute approximate surface area is 165 Å². The molecule has 142 valence electrons. The Balaban J connectivity index is 2.11. The second-order valence-electron chi connectivity index (χ2n) is 5.35. The molecule has 0 radical (unpaired) electrons. The second-order valence-corrected chi connectivity index (χ2v) is 6.27. The van der Waals surface area contributed by atoms with Crippen molar-refractivity contribution in [2.45, 2.75) is 13.5 Å². The van der Waals surface area contributed by atoms with Gasteiger partial charge in [-0.25, -0.2) is 5.43 Å². The number of amides is 2. The van der Waals surface area contributed by atoms with Gasteiger partial charge >= 0.3 is 11.8 Å². The number of benzene rings is 2. The van der Waals surface area contributed by atoms with Gasteiger partial charge in [-0.1, -0.05) is 34.1 Å². The lowest BCUT2D eigenvalue weighted by molar-refractivity contribution is -0.139. The van der Waals surface area contributed by atoms with E-state index in [1.165, 1.54) is 6.21 Å². The fourth-order valence-electron chi connectivity index (χ4n) is 2.14. The van der Waals surface area contributed by atoms with E-state index in [1.807, 2.05) is 24.3 Å². The molecular weight excluding hydrogens is 414 g/mol. The maximum atomic E-state index is 11.6. The van der Waals surface area contributed by atoms with Gasteiger partial charge in [-0.05, 0) is 36.8 Å². The lowest BCUT2D eigenvalue weighted by Gasteiger charge is -2.13. The van der Waals surface area contributed by atoms with Gasteiger partial charge in [0.15, 0.2) is 11.5 Å². The lowest BCUT2D eigenvalue weighted by Crippen LogP contribution is -2.37. The fourth-order valence-corrected chi connectivity index (χ4v) is 2.40. The Kier molecular flexibility index (Phi) is 7.81. The molecule has 2 aromatic rings. The number of likely N-dealkylation sites (N-methyl/N-ethyl adjacent to an activating group) is 1. The zero-order valence-electron chi connectivity index (χ0n) is 15.0. The first-order chi connectivity index (χ1) is 13.0. The molecule has 2 aromatic carbocycles. The van der Waals surface area contributed by atoms with E-state index in [0.29, 0.717) is 30.2 Å². The van der Waals surface area contributed by atoms with Crippen LogP contribution in [0.15, 0.2) is 52.0 Å². The standard InChI is InChI=1S/C19H20BrN3O4/c1-3-21-18(24)19(25)23-22-11-14-5-4-6-16(26-2)17(14)27-12-13-7-9-15(20)10-8-13/h4-11H,3,12H2,1-2H3,(H,21,24)(H,23,25)/b22-11-. The summed E-state index contributed by atoms with van der Waals surface area (Å²) in [6.45, 7) is 2.42. The maximum absolute atomic E-state index is 11.6. The summed E-state index contributed by atoms with van der Waals surface area (Å²) < 4.78 is 12.2. The third-order valence-electron chi connectivity index (χ3n) is 3.44. The van der Waals surface area contributed by atoms with Gasteiger partial charge in [-0.2, -0.15) is 5.10 Å². The van der Waals surface area contributed by atoms with Crippen LogP contribution in [0.5, 0.6) is 11.5 Å². The average Bonchev–Trinajstić information content (AvgIpc) is 2.68. The van der Waals surface area contributed by atoms with Gasteiger partial charge in [0, 0.05) is 16.6 Å². The number of methoxy groups -OCH3 is 1. The number of halogens is 1. The normalized spacial score (nSPS) is 10.5. The summed E-state index contributed by atoms with van der Waals surface area (Å²) in [5.41, 5.74) is 3.76. The molecule has 0 fully saturated rings. The minimum atomic E-state index is -0.840. The number of rotatable bonds is 7. The molecular formula is C19H20BrN3O4. The van der Waals surface area contributed by atoms with Gasteiger partial charge in [-0.15, -0.1) is 0 Å². The van der Waals surface area contributed by atoms with Crippen molar-refractivity contribution in [1.82, 2.24) is 10.7 Å². The highest BCUT2D eigenvalue weighted by Crippen LogP contribution is 2.30. The molecule has 0 aromatic heterocycles. The van der Waals surface area contributed by atoms with Crippen molar-refractivity contribution in [2.24, 2.45) is 5.10 Å². The smallest absolute Gasteiger partial charge is 0.329 e. The predicted molar refractivity (Wildman–Crippen MR) is 106 cm³/mol. The first-order valence-electron chi connectivity index (χ1n) is 8.20. The van der Waals surface area contributed by atoms with Gasteiger partial charge in [0.25, 0.3) is 0 Å². The van der Waals surface area contributed by atoms with Crippen molar-refractivity contribution in [3.05, 3.63) is 58.1 Å². The molecule has 8 heteroatoms. The quantitative estimate of drug-likeness (QED) is 0.399. The zero-order valence-corrected chi connectivity index (χ0v) is 16.6. The number of hydrogen-bond donors (Lipinski definition) is 2. The predicted octanol–water partition coefficient (Wildman–Crippen LogP) is 2.62. The van der Waals surface area contributed by atoms with Crippen LogP contribution >= 0.6 is 15.9 Å². The molecule has 0 saturated heterocycles. The molecule has 27 heavy (non-hydrogen) atoms. The van der Waals surface area contributed by atoms with E-state index >= 15 is 0 Å². The Morgan fingerprint density at radius 1 is 1.15 bits per heavy atom. The number of nitrogens with zero attached hydrogens (tertiary/aromatic N) is 1. The van der Waals surface area contributed by atoms with Crippen LogP contribution in [0.4, 0.5) is 0 Å². The van der Waals surface area contributed by atoms with E-state index in [-0.39, 0.29) is 0 Å². The first-order valence-corrected chi connectivity index (χ1v) is 9.00. The highest BCUT2D eigenvalue weighted by atomic mass is 79.9. The Morgan fingerprint density at radius 2 is 1.89 bits per heavy atom. The molecule has 2 N–H and O–H groups in total. The number of nitrogens with one attached hydrogen (secondary N) is 2. The van der Waals surface area contributed by atoms with E-state index in [2.05, 4.69) is 31.8 Å². The molecule has 0 aliphatic carbocycles. The van der Waals surface area contributed by atoms with E-state index < -0.39 is 11.8 Å². The molecule has 0 bridgehead atoms. The van der Waals surface area contributed by atoms with Crippen molar-refractivity contribution in [3.8, 4) is 11.5 Å². The van der Waals surface area contributed by atoms with Gasteiger partial charge in [0.05, 0.1) is 13.3 Å². The molecule has 0 heterocycles. The minimum absolute atomic E-state index is 0.333. The first kappa shape index (κ1) is 20.4. The fraction of sp³-hybridized carbons (Fsp3) is 0.211. The molecule has 0 unspecified atom stereocenters. The van der Waals surface area contributed by atoms with Crippen LogP contribution in [0.2, 0.25) is 0 Å². The van der Waals surface area contributed by atoms with E-state index in [1.54, 1.807) is 32.2 Å². The number of hydrazone groups is 1. The summed E-state index contributed by atoms with van der Waals surface area (Å²) in [5, 5.41) is 6.21. The largest absolute Gasteiger partial charge is 0.493 e. The van der Waals surface area contributed by atoms with Crippen LogP contribution in [0, 0.1) is 0 Å². The van der Waals surface area contributed by atoms with Gasteiger partial charge < -0.3 is 14.8 Å². The number of carbonyl (C=O) groups excluding carboxylic acids is 2. The monoisotopic (exact) mass is 433 g/mol. The van der Waals surface area contributed by atoms with Crippen molar-refractivity contribution < 1.29 is 19.1 Å². The molecule has 0 atom stereocenters. The zero-order chi connectivity index (χ0) is 19.6. The van der Waals surface area contributed by atoms with Crippen LogP contribution < -0.4 is 20.2 Å². The van der Waals surface area contributed by atoms with Crippen LogP contribution in [0.3, 0.4) is 0 Å². The van der Waals surface area contributed by atoms with E-state index in [4.69, 9.17) is 9.47 Å². The average molecular weight is 434 g/mol. The molecule has 0 saturated carbocycles. The number of ether oxygens (including phenoxy) is 2. The van der Waals surface area contributed by atoms with Crippen molar-refractivity contribution in [3.63, 3.8) is 0 Å². The summed E-state index contributed by atoms with van der Waals surface area (Å²) in [6.07, 6.45) is 1.40. The van der Waals surface area contributed by atoms with Crippen LogP contribution in [-0.4, -0.2) is 31.7 Å². The van der Waals surface area contributed by atoms with Crippen molar-refractivity contribution in [2.75, 3.05) is 13.7 Å². The van der Waals surface area contributed by atoms with Gasteiger partial charge in [-0.3, -0.25) is 9.59 Å². The molecule has 0 spiro atoms. The Morgan fingerprint density at radius 3 is 2.56 bits per heavy atom. The number of para-hydroxylation sites is 1. The molecule has 2 rings (SSSR count). The summed E-state index contributed by atoms with van der Waals surface area (Å²) in [6, 6.07) is 13.1. The summed E-state index contributed by atoms with van der Waals surface area (Å²) >= 11 is 3.39. The maximum Gasteiger partial charge on any atom is 0.329 e. The number of carbonyl (C=O) groups is 2. The highest BCUT2D eigenvalue weighted by molar-refractivity contribution is 9.10. The molecule has 0 aliphatic rings. The van der Waals surface area contributed by atoms with Crippen molar-refractivity contribution >= 4 is 34.0 Å². The third-order valence-corrected chi connectivity index (χ3v) is 3.97. The SMILES string of the molecule is CCNC(=O)C(=O)N/N=C\c1cccc(OC)c1OCc1ccc(Br)cc1. The summed E-state index contributed by atoms with van der Waals surface area (Å²) in [5.74, 6) is -0.564. The van der Waals surface area contributed by atoms with Crippen LogP contribution in [0.1, 0.15) is 18.1 Å².